The van der Waals surface area contributed by atoms with Gasteiger partial charge in [0.25, 0.3) is 0 Å². The smallest absolute Gasteiger partial charge is 0.126 e. The zero-order valence-corrected chi connectivity index (χ0v) is 9.62. The van der Waals surface area contributed by atoms with Crippen molar-refractivity contribution in [2.45, 2.75) is 26.4 Å². The van der Waals surface area contributed by atoms with E-state index < -0.39 is 0 Å². The molecule has 0 aromatic heterocycles. The average molecular weight is 209 g/mol. The first-order valence-corrected chi connectivity index (χ1v) is 5.21. The van der Waals surface area contributed by atoms with Crippen LogP contribution in [0.5, 0.6) is 11.5 Å². The summed E-state index contributed by atoms with van der Waals surface area (Å²) in [4.78, 5) is 0. The van der Waals surface area contributed by atoms with Gasteiger partial charge < -0.3 is 15.2 Å². The number of rotatable bonds is 5. The molecule has 0 spiro atoms. The maximum atomic E-state index is 5.70. The Morgan fingerprint density at radius 3 is 2.60 bits per heavy atom. The van der Waals surface area contributed by atoms with E-state index in [4.69, 9.17) is 15.2 Å². The molecule has 0 aliphatic carbocycles. The lowest BCUT2D eigenvalue weighted by atomic mass is 10.1. The van der Waals surface area contributed by atoms with Gasteiger partial charge in [-0.15, -0.1) is 0 Å². The molecule has 0 fully saturated rings. The highest BCUT2D eigenvalue weighted by molar-refractivity contribution is 5.41. The molecule has 0 radical (unpaired) electrons. The number of ether oxygens (including phenoxy) is 2. The van der Waals surface area contributed by atoms with Gasteiger partial charge in [-0.1, -0.05) is 6.07 Å². The zero-order chi connectivity index (χ0) is 11.3. The Bertz CT molecular complexity index is 310. The second-order valence-corrected chi connectivity index (χ2v) is 3.68. The van der Waals surface area contributed by atoms with E-state index in [1.165, 1.54) is 0 Å². The van der Waals surface area contributed by atoms with Crippen LogP contribution in [0.1, 0.15) is 19.4 Å². The van der Waals surface area contributed by atoms with E-state index in [1.54, 1.807) is 7.11 Å². The highest BCUT2D eigenvalue weighted by Crippen LogP contribution is 2.25. The third kappa shape index (κ3) is 3.44. The van der Waals surface area contributed by atoms with Crippen molar-refractivity contribution in [2.75, 3.05) is 13.7 Å². The number of methoxy groups -OCH3 is 1. The molecular formula is C12H19NO2. The summed E-state index contributed by atoms with van der Waals surface area (Å²) in [5.41, 5.74) is 6.68. The predicted molar refractivity (Wildman–Crippen MR) is 61.5 cm³/mol. The van der Waals surface area contributed by atoms with E-state index in [0.29, 0.717) is 6.54 Å². The Hall–Kier alpha value is -1.22. The van der Waals surface area contributed by atoms with Crippen molar-refractivity contribution in [1.82, 2.24) is 0 Å². The lowest BCUT2D eigenvalue weighted by Gasteiger charge is -2.15. The van der Waals surface area contributed by atoms with E-state index >= 15 is 0 Å². The summed E-state index contributed by atoms with van der Waals surface area (Å²) >= 11 is 0. The summed E-state index contributed by atoms with van der Waals surface area (Å²) < 4.78 is 10.9. The molecule has 84 valence electrons. The molecule has 0 aliphatic heterocycles. The second kappa shape index (κ2) is 5.61. The molecule has 3 nitrogen and oxygen atoms in total. The molecule has 0 unspecified atom stereocenters. The quantitative estimate of drug-likeness (QED) is 0.806. The van der Waals surface area contributed by atoms with E-state index in [1.807, 2.05) is 32.0 Å². The Kier molecular flexibility index (Phi) is 4.43. The van der Waals surface area contributed by atoms with Crippen molar-refractivity contribution in [3.63, 3.8) is 0 Å². The molecule has 0 bridgehead atoms. The van der Waals surface area contributed by atoms with Gasteiger partial charge in [0, 0.05) is 6.07 Å². The highest BCUT2D eigenvalue weighted by atomic mass is 16.5. The number of hydrogen-bond acceptors (Lipinski definition) is 3. The normalized spacial score (nSPS) is 10.5. The topological polar surface area (TPSA) is 44.5 Å². The van der Waals surface area contributed by atoms with Crippen LogP contribution in [0.4, 0.5) is 0 Å². The van der Waals surface area contributed by atoms with Crippen LogP contribution >= 0.6 is 0 Å². The largest absolute Gasteiger partial charge is 0.497 e. The van der Waals surface area contributed by atoms with Crippen molar-refractivity contribution < 1.29 is 9.47 Å². The molecule has 0 heterocycles. The highest BCUT2D eigenvalue weighted by Gasteiger charge is 2.06. The molecule has 1 rings (SSSR count). The first kappa shape index (κ1) is 11.9. The zero-order valence-electron chi connectivity index (χ0n) is 9.62. The van der Waals surface area contributed by atoms with Gasteiger partial charge in [0.05, 0.1) is 13.2 Å². The van der Waals surface area contributed by atoms with Crippen molar-refractivity contribution in [3.05, 3.63) is 23.8 Å². The van der Waals surface area contributed by atoms with Crippen molar-refractivity contribution >= 4 is 0 Å². The fraction of sp³-hybridized carbons (Fsp3) is 0.500. The Balaban J connectivity index is 2.93. The molecule has 1 aromatic rings. The number of benzene rings is 1. The van der Waals surface area contributed by atoms with Crippen LogP contribution in [-0.4, -0.2) is 19.8 Å². The van der Waals surface area contributed by atoms with Crippen molar-refractivity contribution in [3.8, 4) is 11.5 Å². The van der Waals surface area contributed by atoms with Gasteiger partial charge in [-0.2, -0.15) is 0 Å². The third-order valence-corrected chi connectivity index (χ3v) is 2.05. The van der Waals surface area contributed by atoms with E-state index in [0.717, 1.165) is 23.5 Å². The molecular weight excluding hydrogens is 190 g/mol. The fourth-order valence-corrected chi connectivity index (χ4v) is 1.39. The van der Waals surface area contributed by atoms with Gasteiger partial charge in [-0.25, -0.2) is 0 Å². The molecule has 0 saturated heterocycles. The molecule has 0 atom stereocenters. The molecule has 0 saturated carbocycles. The maximum absolute atomic E-state index is 5.70. The van der Waals surface area contributed by atoms with Crippen LogP contribution in [0.25, 0.3) is 0 Å². The Labute approximate surface area is 91.2 Å². The van der Waals surface area contributed by atoms with Crippen LogP contribution in [0.3, 0.4) is 0 Å². The molecule has 2 N–H and O–H groups in total. The van der Waals surface area contributed by atoms with Gasteiger partial charge in [0.2, 0.25) is 0 Å². The van der Waals surface area contributed by atoms with Crippen LogP contribution < -0.4 is 15.2 Å². The lowest BCUT2D eigenvalue weighted by molar-refractivity contribution is 0.239. The van der Waals surface area contributed by atoms with Gasteiger partial charge in [-0.3, -0.25) is 0 Å². The van der Waals surface area contributed by atoms with Gasteiger partial charge in [0.15, 0.2) is 0 Å². The summed E-state index contributed by atoms with van der Waals surface area (Å²) in [6.07, 6.45) is 0.986. The summed E-state index contributed by atoms with van der Waals surface area (Å²) in [5, 5.41) is 0. The van der Waals surface area contributed by atoms with Crippen molar-refractivity contribution in [1.29, 1.82) is 0 Å². The van der Waals surface area contributed by atoms with Gasteiger partial charge in [0.1, 0.15) is 11.5 Å². The summed E-state index contributed by atoms with van der Waals surface area (Å²) in [6, 6.07) is 5.84. The second-order valence-electron chi connectivity index (χ2n) is 3.68. The summed E-state index contributed by atoms with van der Waals surface area (Å²) in [6.45, 7) is 4.64. The van der Waals surface area contributed by atoms with Gasteiger partial charge in [-0.05, 0) is 38.4 Å². The van der Waals surface area contributed by atoms with Gasteiger partial charge >= 0.3 is 0 Å². The third-order valence-electron chi connectivity index (χ3n) is 2.05. The Morgan fingerprint density at radius 1 is 1.33 bits per heavy atom. The SMILES string of the molecule is COc1ccc(CCN)c(OC(C)C)c1. The standard InChI is InChI=1S/C12H19NO2/c1-9(2)15-12-8-11(14-3)5-4-10(12)6-7-13/h4-5,8-9H,6-7,13H2,1-3H3. The van der Waals surface area contributed by atoms with E-state index in [2.05, 4.69) is 0 Å². The number of nitrogens with two attached hydrogens (primary N) is 1. The number of hydrogen-bond donors (Lipinski definition) is 1. The van der Waals surface area contributed by atoms with Crippen LogP contribution in [-0.2, 0) is 6.42 Å². The molecule has 1 aromatic carbocycles. The molecule has 3 heteroatoms. The Morgan fingerprint density at radius 2 is 2.07 bits per heavy atom. The average Bonchev–Trinajstić information content (AvgIpc) is 2.20. The van der Waals surface area contributed by atoms with E-state index in [-0.39, 0.29) is 6.10 Å². The maximum Gasteiger partial charge on any atom is 0.126 e. The molecule has 0 aliphatic rings. The minimum Gasteiger partial charge on any atom is -0.497 e. The summed E-state index contributed by atoms with van der Waals surface area (Å²) in [7, 11) is 1.65. The summed E-state index contributed by atoms with van der Waals surface area (Å²) in [5.74, 6) is 1.68. The molecule has 0 amide bonds. The van der Waals surface area contributed by atoms with Crippen LogP contribution in [0.15, 0.2) is 18.2 Å². The van der Waals surface area contributed by atoms with E-state index in [9.17, 15) is 0 Å². The monoisotopic (exact) mass is 209 g/mol. The first-order valence-electron chi connectivity index (χ1n) is 5.21. The predicted octanol–water partition coefficient (Wildman–Crippen LogP) is 1.98. The minimum absolute atomic E-state index is 0.161. The fourth-order valence-electron chi connectivity index (χ4n) is 1.39. The lowest BCUT2D eigenvalue weighted by Crippen LogP contribution is -2.10. The first-order chi connectivity index (χ1) is 7.17. The molecule has 15 heavy (non-hydrogen) atoms. The van der Waals surface area contributed by atoms with Crippen LogP contribution in [0, 0.1) is 0 Å². The minimum atomic E-state index is 0.161. The van der Waals surface area contributed by atoms with Crippen LogP contribution in [0.2, 0.25) is 0 Å². The van der Waals surface area contributed by atoms with Crippen molar-refractivity contribution in [2.24, 2.45) is 5.73 Å².